The molecule has 0 saturated carbocycles. The number of nitrogens with one attached hydrogen (secondary N) is 1. The van der Waals surface area contributed by atoms with Crippen molar-refractivity contribution in [2.24, 2.45) is 0 Å². The van der Waals surface area contributed by atoms with Crippen LogP contribution in [0.1, 0.15) is 22.5 Å². The maximum absolute atomic E-state index is 11.4. The Kier molecular flexibility index (Phi) is 4.77. The smallest absolute Gasteiger partial charge is 0.303 e. The van der Waals surface area contributed by atoms with Crippen molar-refractivity contribution in [3.05, 3.63) is 20.8 Å². The Morgan fingerprint density at radius 1 is 1.53 bits per heavy atom. The van der Waals surface area contributed by atoms with Crippen molar-refractivity contribution in [1.82, 2.24) is 5.32 Å². The van der Waals surface area contributed by atoms with Crippen LogP contribution in [0.5, 0.6) is 0 Å². The predicted molar refractivity (Wildman–Crippen MR) is 61.2 cm³/mol. The largest absolute Gasteiger partial charge is 0.481 e. The van der Waals surface area contributed by atoms with Crippen LogP contribution in [0.2, 0.25) is 0 Å². The molecular formula is C9H10BrNO3S. The van der Waals surface area contributed by atoms with Gasteiger partial charge in [0.05, 0.1) is 4.88 Å². The minimum Gasteiger partial charge on any atom is -0.481 e. The third-order valence-electron chi connectivity index (χ3n) is 1.64. The van der Waals surface area contributed by atoms with Crippen LogP contribution >= 0.6 is 27.3 Å². The van der Waals surface area contributed by atoms with Crippen molar-refractivity contribution in [3.63, 3.8) is 0 Å². The van der Waals surface area contributed by atoms with Gasteiger partial charge in [-0.05, 0) is 28.4 Å². The van der Waals surface area contributed by atoms with Crippen LogP contribution in [0.15, 0.2) is 15.9 Å². The van der Waals surface area contributed by atoms with E-state index in [4.69, 9.17) is 5.11 Å². The van der Waals surface area contributed by atoms with E-state index in [1.807, 2.05) is 5.38 Å². The van der Waals surface area contributed by atoms with Crippen LogP contribution in [0.25, 0.3) is 0 Å². The minimum absolute atomic E-state index is 0.0778. The summed E-state index contributed by atoms with van der Waals surface area (Å²) < 4.78 is 0.878. The summed E-state index contributed by atoms with van der Waals surface area (Å²) in [5.74, 6) is -1.00. The molecule has 1 amide bonds. The first-order valence-electron chi connectivity index (χ1n) is 4.33. The molecule has 1 aromatic rings. The molecule has 0 spiro atoms. The first-order valence-corrected chi connectivity index (χ1v) is 6.01. The lowest BCUT2D eigenvalue weighted by Gasteiger charge is -2.01. The number of hydrogen-bond acceptors (Lipinski definition) is 3. The van der Waals surface area contributed by atoms with E-state index in [1.165, 1.54) is 11.3 Å². The van der Waals surface area contributed by atoms with Gasteiger partial charge in [0.2, 0.25) is 0 Å². The molecule has 4 nitrogen and oxygen atoms in total. The number of rotatable bonds is 5. The third-order valence-corrected chi connectivity index (χ3v) is 3.33. The molecule has 0 fully saturated rings. The molecule has 1 heterocycles. The fourth-order valence-corrected chi connectivity index (χ4v) is 2.30. The third kappa shape index (κ3) is 4.44. The SMILES string of the molecule is O=C(O)CCCNC(=O)c1cc(Br)cs1. The summed E-state index contributed by atoms with van der Waals surface area (Å²) in [7, 11) is 0. The molecule has 0 atom stereocenters. The Balaban J connectivity index is 2.28. The van der Waals surface area contributed by atoms with Crippen LogP contribution in [0.3, 0.4) is 0 Å². The number of halogens is 1. The molecule has 0 aliphatic rings. The Bertz CT molecular complexity index is 364. The maximum Gasteiger partial charge on any atom is 0.303 e. The fraction of sp³-hybridized carbons (Fsp3) is 0.333. The number of carboxylic acids is 1. The molecule has 6 heteroatoms. The van der Waals surface area contributed by atoms with Crippen LogP contribution in [-0.4, -0.2) is 23.5 Å². The van der Waals surface area contributed by atoms with Gasteiger partial charge in [0.15, 0.2) is 0 Å². The lowest BCUT2D eigenvalue weighted by atomic mass is 10.3. The van der Waals surface area contributed by atoms with Crippen LogP contribution in [-0.2, 0) is 4.79 Å². The van der Waals surface area contributed by atoms with E-state index in [-0.39, 0.29) is 12.3 Å². The van der Waals surface area contributed by atoms with Crippen molar-refractivity contribution in [2.75, 3.05) is 6.54 Å². The minimum atomic E-state index is -0.844. The van der Waals surface area contributed by atoms with E-state index in [1.54, 1.807) is 6.07 Å². The quantitative estimate of drug-likeness (QED) is 0.817. The maximum atomic E-state index is 11.4. The van der Waals surface area contributed by atoms with Crippen molar-refractivity contribution < 1.29 is 14.7 Å². The molecule has 0 aromatic carbocycles. The predicted octanol–water partition coefficient (Wildman–Crippen LogP) is 2.11. The van der Waals surface area contributed by atoms with E-state index in [0.717, 1.165) is 4.47 Å². The number of aliphatic carboxylic acids is 1. The summed E-state index contributed by atoms with van der Waals surface area (Å²) in [4.78, 5) is 22.3. The van der Waals surface area contributed by atoms with E-state index >= 15 is 0 Å². The van der Waals surface area contributed by atoms with Gasteiger partial charge in [-0.1, -0.05) is 0 Å². The number of carboxylic acid groups (broad SMARTS) is 1. The zero-order valence-electron chi connectivity index (χ0n) is 7.83. The Morgan fingerprint density at radius 3 is 2.80 bits per heavy atom. The number of carbonyl (C=O) groups is 2. The fourth-order valence-electron chi connectivity index (χ4n) is 0.961. The summed E-state index contributed by atoms with van der Waals surface area (Å²) in [6, 6.07) is 1.73. The molecule has 2 N–H and O–H groups in total. The molecule has 0 unspecified atom stereocenters. The van der Waals surface area contributed by atoms with Gasteiger partial charge in [-0.15, -0.1) is 11.3 Å². The summed E-state index contributed by atoms with van der Waals surface area (Å²) in [6.45, 7) is 0.390. The lowest BCUT2D eigenvalue weighted by Crippen LogP contribution is -2.23. The monoisotopic (exact) mass is 291 g/mol. The molecule has 1 rings (SSSR count). The van der Waals surface area contributed by atoms with Gasteiger partial charge in [0, 0.05) is 22.8 Å². The van der Waals surface area contributed by atoms with E-state index < -0.39 is 5.97 Å². The van der Waals surface area contributed by atoms with Crippen molar-refractivity contribution in [2.45, 2.75) is 12.8 Å². The topological polar surface area (TPSA) is 66.4 Å². The van der Waals surface area contributed by atoms with E-state index in [2.05, 4.69) is 21.2 Å². The Hall–Kier alpha value is -0.880. The van der Waals surface area contributed by atoms with Gasteiger partial charge in [-0.2, -0.15) is 0 Å². The van der Waals surface area contributed by atoms with E-state index in [0.29, 0.717) is 17.8 Å². The van der Waals surface area contributed by atoms with Gasteiger partial charge in [0.1, 0.15) is 0 Å². The molecule has 15 heavy (non-hydrogen) atoms. The highest BCUT2D eigenvalue weighted by molar-refractivity contribution is 9.10. The normalized spacial score (nSPS) is 9.93. The van der Waals surface area contributed by atoms with Gasteiger partial charge in [0.25, 0.3) is 5.91 Å². The first kappa shape index (κ1) is 12.2. The summed E-state index contributed by atoms with van der Waals surface area (Å²) in [5.41, 5.74) is 0. The number of amides is 1. The second-order valence-corrected chi connectivity index (χ2v) is 4.71. The number of hydrogen-bond donors (Lipinski definition) is 2. The molecule has 0 aliphatic heterocycles. The second-order valence-electron chi connectivity index (χ2n) is 2.88. The molecule has 0 aliphatic carbocycles. The Labute approximate surface area is 99.4 Å². The number of carbonyl (C=O) groups excluding carboxylic acids is 1. The average Bonchev–Trinajstić information content (AvgIpc) is 2.59. The molecule has 0 radical (unpaired) electrons. The van der Waals surface area contributed by atoms with Crippen LogP contribution in [0.4, 0.5) is 0 Å². The zero-order chi connectivity index (χ0) is 11.3. The Morgan fingerprint density at radius 2 is 2.27 bits per heavy atom. The van der Waals surface area contributed by atoms with Gasteiger partial charge < -0.3 is 10.4 Å². The average molecular weight is 292 g/mol. The highest BCUT2D eigenvalue weighted by Crippen LogP contribution is 2.19. The standard InChI is InChI=1S/C9H10BrNO3S/c10-6-4-7(15-5-6)9(14)11-3-1-2-8(12)13/h4-5H,1-3H2,(H,11,14)(H,12,13). The van der Waals surface area contributed by atoms with Gasteiger partial charge in [-0.25, -0.2) is 0 Å². The lowest BCUT2D eigenvalue weighted by molar-refractivity contribution is -0.137. The zero-order valence-corrected chi connectivity index (χ0v) is 10.2. The summed E-state index contributed by atoms with van der Waals surface area (Å²) >= 11 is 4.60. The van der Waals surface area contributed by atoms with E-state index in [9.17, 15) is 9.59 Å². The summed E-state index contributed by atoms with van der Waals surface area (Å²) in [6.07, 6.45) is 0.530. The molecule has 0 saturated heterocycles. The summed E-state index contributed by atoms with van der Waals surface area (Å²) in [5, 5.41) is 12.9. The van der Waals surface area contributed by atoms with Crippen molar-refractivity contribution in [1.29, 1.82) is 0 Å². The van der Waals surface area contributed by atoms with Crippen molar-refractivity contribution >= 4 is 39.1 Å². The second kappa shape index (κ2) is 5.87. The number of thiophene rings is 1. The van der Waals surface area contributed by atoms with Crippen molar-refractivity contribution in [3.8, 4) is 0 Å². The molecule has 0 bridgehead atoms. The molecule has 1 aromatic heterocycles. The first-order chi connectivity index (χ1) is 7.09. The van der Waals surface area contributed by atoms with Gasteiger partial charge in [-0.3, -0.25) is 9.59 Å². The van der Waals surface area contributed by atoms with Gasteiger partial charge >= 0.3 is 5.97 Å². The highest BCUT2D eigenvalue weighted by atomic mass is 79.9. The highest BCUT2D eigenvalue weighted by Gasteiger charge is 2.07. The molecular weight excluding hydrogens is 282 g/mol. The molecule has 82 valence electrons. The van der Waals surface area contributed by atoms with Crippen LogP contribution < -0.4 is 5.32 Å². The van der Waals surface area contributed by atoms with Crippen LogP contribution in [0, 0.1) is 0 Å².